The molecule has 0 heterocycles. The number of carbonyl (C=O) groups excluding carboxylic acids is 2. The Kier molecular flexibility index (Phi) is 9.76. The Morgan fingerprint density at radius 3 is 2.39 bits per heavy atom. The van der Waals surface area contributed by atoms with Gasteiger partial charge in [-0.3, -0.25) is 9.59 Å². The normalized spacial score (nSPS) is 11.7. The van der Waals surface area contributed by atoms with E-state index in [9.17, 15) is 9.59 Å². The summed E-state index contributed by atoms with van der Waals surface area (Å²) in [6, 6.07) is 10.1. The van der Waals surface area contributed by atoms with E-state index in [-0.39, 0.29) is 24.4 Å². The van der Waals surface area contributed by atoms with Crippen LogP contribution in [0.25, 0.3) is 0 Å². The molecule has 128 valence electrons. The number of carbonyl (C=O) groups is 2. The third-order valence-corrected chi connectivity index (χ3v) is 3.75. The van der Waals surface area contributed by atoms with Crippen LogP contribution in [0.3, 0.4) is 0 Å². The lowest BCUT2D eigenvalue weighted by Gasteiger charge is -2.14. The number of unbranched alkanes of at least 4 members (excludes halogenated alkanes) is 4. The minimum Gasteiger partial charge on any atom is -0.352 e. The third kappa shape index (κ3) is 9.72. The second-order valence-electron chi connectivity index (χ2n) is 6.10. The van der Waals surface area contributed by atoms with Crippen LogP contribution in [0.5, 0.6) is 0 Å². The summed E-state index contributed by atoms with van der Waals surface area (Å²) in [5.41, 5.74) is 1.19. The molecule has 0 aliphatic carbocycles. The van der Waals surface area contributed by atoms with Gasteiger partial charge in [0.25, 0.3) is 0 Å². The van der Waals surface area contributed by atoms with Crippen molar-refractivity contribution in [2.75, 3.05) is 6.54 Å². The van der Waals surface area contributed by atoms with Crippen molar-refractivity contribution in [2.24, 2.45) is 0 Å². The molecule has 0 bridgehead atoms. The lowest BCUT2D eigenvalue weighted by Crippen LogP contribution is -2.41. The Balaban J connectivity index is 2.12. The van der Waals surface area contributed by atoms with Crippen LogP contribution in [0.1, 0.15) is 57.9 Å². The molecule has 0 aromatic heterocycles. The molecule has 0 fully saturated rings. The molecule has 1 aromatic carbocycles. The summed E-state index contributed by atoms with van der Waals surface area (Å²) in [7, 11) is 0. The first kappa shape index (κ1) is 19.2. The van der Waals surface area contributed by atoms with Crippen LogP contribution in [-0.2, 0) is 16.0 Å². The van der Waals surface area contributed by atoms with Crippen LogP contribution >= 0.6 is 0 Å². The molecule has 2 amide bonds. The van der Waals surface area contributed by atoms with Crippen LogP contribution in [0.15, 0.2) is 30.3 Å². The molecule has 1 atom stereocenters. The predicted octanol–water partition coefficient (Wildman–Crippen LogP) is 3.21. The number of benzene rings is 1. The van der Waals surface area contributed by atoms with E-state index in [1.807, 2.05) is 37.3 Å². The largest absolute Gasteiger partial charge is 0.352 e. The van der Waals surface area contributed by atoms with Gasteiger partial charge < -0.3 is 10.6 Å². The molecule has 0 saturated heterocycles. The second-order valence-corrected chi connectivity index (χ2v) is 6.10. The van der Waals surface area contributed by atoms with Gasteiger partial charge in [0, 0.05) is 12.5 Å². The zero-order valence-corrected chi connectivity index (χ0v) is 14.4. The average molecular weight is 318 g/mol. The molecule has 0 saturated carbocycles. The Morgan fingerprint density at radius 1 is 1.00 bits per heavy atom. The first-order valence-electron chi connectivity index (χ1n) is 8.71. The van der Waals surface area contributed by atoms with E-state index in [1.165, 1.54) is 24.8 Å². The van der Waals surface area contributed by atoms with Gasteiger partial charge in [0.05, 0.1) is 6.54 Å². The molecule has 0 spiro atoms. The van der Waals surface area contributed by atoms with E-state index in [4.69, 9.17) is 0 Å². The highest BCUT2D eigenvalue weighted by Gasteiger charge is 2.09. The molecule has 1 rings (SSSR count). The highest BCUT2D eigenvalue weighted by atomic mass is 16.2. The van der Waals surface area contributed by atoms with Crippen molar-refractivity contribution in [1.29, 1.82) is 0 Å². The molecule has 4 nitrogen and oxygen atoms in total. The summed E-state index contributed by atoms with van der Waals surface area (Å²) in [6.07, 6.45) is 6.89. The summed E-state index contributed by atoms with van der Waals surface area (Å²) in [5.74, 6) is -0.167. The maximum absolute atomic E-state index is 11.8. The van der Waals surface area contributed by atoms with Gasteiger partial charge in [-0.2, -0.15) is 0 Å². The number of amides is 2. The van der Waals surface area contributed by atoms with E-state index < -0.39 is 0 Å². The molecule has 0 aliphatic heterocycles. The van der Waals surface area contributed by atoms with Gasteiger partial charge in [-0.1, -0.05) is 62.9 Å². The minimum absolute atomic E-state index is 0.0349. The number of hydrogen-bond donors (Lipinski definition) is 2. The lowest BCUT2D eigenvalue weighted by molar-refractivity contribution is -0.126. The molecule has 1 aromatic rings. The standard InChI is InChI=1S/C19H30N2O2/c1-3-4-5-6-10-13-18(22)20-15-19(23)21-16(2)14-17-11-8-7-9-12-17/h7-9,11-12,16H,3-6,10,13-15H2,1-2H3,(H,20,22)(H,21,23)/t16-/m0/s1. The van der Waals surface area contributed by atoms with E-state index in [0.717, 1.165) is 19.3 Å². The average Bonchev–Trinajstić information content (AvgIpc) is 2.53. The van der Waals surface area contributed by atoms with Crippen molar-refractivity contribution >= 4 is 11.8 Å². The Labute approximate surface area is 140 Å². The van der Waals surface area contributed by atoms with E-state index in [2.05, 4.69) is 17.6 Å². The minimum atomic E-state index is -0.132. The highest BCUT2D eigenvalue weighted by molar-refractivity contribution is 5.84. The van der Waals surface area contributed by atoms with Crippen LogP contribution in [0.2, 0.25) is 0 Å². The zero-order valence-electron chi connectivity index (χ0n) is 14.4. The Bertz CT molecular complexity index is 460. The highest BCUT2D eigenvalue weighted by Crippen LogP contribution is 2.05. The zero-order chi connectivity index (χ0) is 16.9. The topological polar surface area (TPSA) is 58.2 Å². The van der Waals surface area contributed by atoms with Gasteiger partial charge in [-0.25, -0.2) is 0 Å². The fourth-order valence-electron chi connectivity index (χ4n) is 2.50. The van der Waals surface area contributed by atoms with Crippen molar-refractivity contribution in [2.45, 2.75) is 64.8 Å². The Hall–Kier alpha value is -1.84. The second kappa shape index (κ2) is 11.7. The van der Waals surface area contributed by atoms with E-state index >= 15 is 0 Å². The number of nitrogens with one attached hydrogen (secondary N) is 2. The fourth-order valence-corrected chi connectivity index (χ4v) is 2.50. The molecule has 0 aliphatic rings. The van der Waals surface area contributed by atoms with Crippen molar-refractivity contribution in [1.82, 2.24) is 10.6 Å². The third-order valence-electron chi connectivity index (χ3n) is 3.75. The molecule has 4 heteroatoms. The first-order chi connectivity index (χ1) is 11.1. The van der Waals surface area contributed by atoms with Gasteiger partial charge in [0.15, 0.2) is 0 Å². The molecule has 2 N–H and O–H groups in total. The molecule has 23 heavy (non-hydrogen) atoms. The van der Waals surface area contributed by atoms with Crippen LogP contribution in [0.4, 0.5) is 0 Å². The van der Waals surface area contributed by atoms with E-state index in [1.54, 1.807) is 0 Å². The summed E-state index contributed by atoms with van der Waals surface area (Å²) in [4.78, 5) is 23.5. The maximum atomic E-state index is 11.8. The monoisotopic (exact) mass is 318 g/mol. The van der Waals surface area contributed by atoms with Crippen molar-refractivity contribution in [3.8, 4) is 0 Å². The van der Waals surface area contributed by atoms with Gasteiger partial charge >= 0.3 is 0 Å². The summed E-state index contributed by atoms with van der Waals surface area (Å²) >= 11 is 0. The lowest BCUT2D eigenvalue weighted by atomic mass is 10.1. The van der Waals surface area contributed by atoms with Crippen molar-refractivity contribution in [3.63, 3.8) is 0 Å². The van der Waals surface area contributed by atoms with Crippen LogP contribution in [0, 0.1) is 0 Å². The van der Waals surface area contributed by atoms with Crippen molar-refractivity contribution < 1.29 is 9.59 Å². The predicted molar refractivity (Wildman–Crippen MR) is 94.1 cm³/mol. The molecular formula is C19H30N2O2. The fraction of sp³-hybridized carbons (Fsp3) is 0.579. The van der Waals surface area contributed by atoms with Gasteiger partial charge in [0.1, 0.15) is 0 Å². The van der Waals surface area contributed by atoms with Crippen LogP contribution < -0.4 is 10.6 Å². The SMILES string of the molecule is CCCCCCCC(=O)NCC(=O)N[C@@H](C)Cc1ccccc1. The van der Waals surface area contributed by atoms with Crippen LogP contribution in [-0.4, -0.2) is 24.4 Å². The smallest absolute Gasteiger partial charge is 0.239 e. The quantitative estimate of drug-likeness (QED) is 0.616. The first-order valence-corrected chi connectivity index (χ1v) is 8.71. The van der Waals surface area contributed by atoms with Crippen molar-refractivity contribution in [3.05, 3.63) is 35.9 Å². The number of rotatable bonds is 11. The summed E-state index contributed by atoms with van der Waals surface area (Å²) < 4.78 is 0. The Morgan fingerprint density at radius 2 is 1.70 bits per heavy atom. The molecule has 0 unspecified atom stereocenters. The maximum Gasteiger partial charge on any atom is 0.239 e. The number of hydrogen-bond acceptors (Lipinski definition) is 2. The van der Waals surface area contributed by atoms with Gasteiger partial charge in [-0.15, -0.1) is 0 Å². The molecular weight excluding hydrogens is 288 g/mol. The summed E-state index contributed by atoms with van der Waals surface area (Å²) in [5, 5.41) is 5.61. The van der Waals surface area contributed by atoms with Gasteiger partial charge in [0.2, 0.25) is 11.8 Å². The van der Waals surface area contributed by atoms with Gasteiger partial charge in [-0.05, 0) is 25.3 Å². The summed E-state index contributed by atoms with van der Waals surface area (Å²) in [6.45, 7) is 4.21. The van der Waals surface area contributed by atoms with E-state index in [0.29, 0.717) is 6.42 Å². The molecule has 0 radical (unpaired) electrons.